The van der Waals surface area contributed by atoms with Crippen molar-refractivity contribution in [3.05, 3.63) is 12.2 Å². The van der Waals surface area contributed by atoms with Gasteiger partial charge in [-0.25, -0.2) is 0 Å². The van der Waals surface area contributed by atoms with Crippen molar-refractivity contribution < 1.29 is 30.7 Å². The first-order chi connectivity index (χ1) is 5.56. The monoisotopic (exact) mass is 210 g/mol. The van der Waals surface area contributed by atoms with Crippen LogP contribution in [-0.2, 0) is 0 Å². The highest BCUT2D eigenvalue weighted by atomic mass is 19.4. The third-order valence-corrected chi connectivity index (χ3v) is 1.15. The van der Waals surface area contributed by atoms with Gasteiger partial charge in [0.15, 0.2) is 0 Å². The normalized spacial score (nSPS) is 15.4. The second-order valence-corrected chi connectivity index (χ2v) is 2.20. The van der Waals surface area contributed by atoms with E-state index >= 15 is 0 Å². The zero-order valence-corrected chi connectivity index (χ0v) is 6.30. The van der Waals surface area contributed by atoms with E-state index in [9.17, 15) is 30.7 Å². The Balaban J connectivity index is 5.03. The van der Waals surface area contributed by atoms with Crippen LogP contribution in [0.25, 0.3) is 0 Å². The van der Waals surface area contributed by atoms with Crippen LogP contribution < -0.4 is 0 Å². The van der Waals surface area contributed by atoms with E-state index in [2.05, 4.69) is 0 Å². The summed E-state index contributed by atoms with van der Waals surface area (Å²) in [5.41, 5.74) is 0. The molecule has 13 heavy (non-hydrogen) atoms. The Morgan fingerprint density at radius 3 is 1.46 bits per heavy atom. The molecular weight excluding hydrogens is 205 g/mol. The third-order valence-electron chi connectivity index (χ3n) is 1.15. The second-order valence-electron chi connectivity index (χ2n) is 2.20. The molecule has 0 aliphatic heterocycles. The van der Waals surface area contributed by atoms with Crippen molar-refractivity contribution in [2.75, 3.05) is 0 Å². The molecule has 0 aromatic heterocycles. The molecule has 78 valence electrons. The average Bonchev–Trinajstić information content (AvgIpc) is 1.84. The van der Waals surface area contributed by atoms with Gasteiger partial charge in [0.2, 0.25) is 0 Å². The van der Waals surface area contributed by atoms with E-state index in [1.807, 2.05) is 0 Å². The molecular formula is C6H5F7. The highest BCUT2D eigenvalue weighted by Gasteiger charge is 2.71. The molecule has 0 unspecified atom stereocenters. The Morgan fingerprint density at radius 2 is 1.23 bits per heavy atom. The van der Waals surface area contributed by atoms with Crippen molar-refractivity contribution in [3.8, 4) is 0 Å². The fourth-order valence-corrected chi connectivity index (χ4v) is 0.503. The van der Waals surface area contributed by atoms with Crippen molar-refractivity contribution in [2.45, 2.75) is 24.9 Å². The summed E-state index contributed by atoms with van der Waals surface area (Å²) < 4.78 is 82.4. The maximum atomic E-state index is 12.1. The lowest BCUT2D eigenvalue weighted by Gasteiger charge is -2.25. The average molecular weight is 210 g/mol. The van der Waals surface area contributed by atoms with Crippen LogP contribution in [0.2, 0.25) is 0 Å². The smallest absolute Gasteiger partial charge is 0.195 e. The van der Waals surface area contributed by atoms with E-state index in [-0.39, 0.29) is 0 Å². The molecule has 0 nitrogen and oxygen atoms in total. The summed E-state index contributed by atoms with van der Waals surface area (Å²) in [4.78, 5) is 0. The summed E-state index contributed by atoms with van der Waals surface area (Å²) in [6.45, 7) is 0.917. The summed E-state index contributed by atoms with van der Waals surface area (Å²) in [5.74, 6) is -11.2. The summed E-state index contributed by atoms with van der Waals surface area (Å²) in [6.07, 6.45) is -6.31. The van der Waals surface area contributed by atoms with E-state index in [0.29, 0.717) is 6.08 Å². The summed E-state index contributed by atoms with van der Waals surface area (Å²) in [6, 6.07) is 0. The molecule has 0 amide bonds. The predicted molar refractivity (Wildman–Crippen MR) is 30.8 cm³/mol. The van der Waals surface area contributed by atoms with E-state index in [1.54, 1.807) is 0 Å². The van der Waals surface area contributed by atoms with Gasteiger partial charge in [0, 0.05) is 0 Å². The highest BCUT2D eigenvalue weighted by molar-refractivity contribution is 5.04. The van der Waals surface area contributed by atoms with Crippen molar-refractivity contribution in [1.29, 1.82) is 0 Å². The van der Waals surface area contributed by atoms with Crippen LogP contribution in [0, 0.1) is 0 Å². The van der Waals surface area contributed by atoms with Crippen molar-refractivity contribution in [2.24, 2.45) is 0 Å². The van der Waals surface area contributed by atoms with E-state index in [4.69, 9.17) is 0 Å². The predicted octanol–water partition coefficient (Wildman–Crippen LogP) is 3.40. The van der Waals surface area contributed by atoms with Crippen LogP contribution in [0.4, 0.5) is 30.7 Å². The van der Waals surface area contributed by atoms with Gasteiger partial charge in [-0.2, -0.15) is 30.7 Å². The number of allylic oxidation sites excluding steroid dienone is 2. The highest BCUT2D eigenvalue weighted by Crippen LogP contribution is 2.46. The minimum Gasteiger partial charge on any atom is -0.195 e. The van der Waals surface area contributed by atoms with Crippen LogP contribution in [0.1, 0.15) is 6.92 Å². The molecule has 0 atom stereocenters. The Hall–Kier alpha value is -0.750. The molecule has 0 radical (unpaired) electrons. The van der Waals surface area contributed by atoms with E-state index < -0.39 is 24.1 Å². The molecule has 0 spiro atoms. The van der Waals surface area contributed by atoms with Gasteiger partial charge in [0.25, 0.3) is 0 Å². The molecule has 0 aromatic rings. The lowest BCUT2D eigenvalue weighted by Crippen LogP contribution is -2.50. The van der Waals surface area contributed by atoms with Gasteiger partial charge in [0.1, 0.15) is 0 Å². The minimum atomic E-state index is -6.25. The Kier molecular flexibility index (Phi) is 3.01. The molecule has 0 saturated carbocycles. The number of rotatable bonds is 2. The molecule has 0 aromatic carbocycles. The summed E-state index contributed by atoms with van der Waals surface area (Å²) in [7, 11) is 0. The first-order valence-corrected chi connectivity index (χ1v) is 3.02. The first-order valence-electron chi connectivity index (χ1n) is 3.02. The lowest BCUT2D eigenvalue weighted by atomic mass is 10.1. The zero-order valence-electron chi connectivity index (χ0n) is 6.30. The number of hydrogen-bond acceptors (Lipinski definition) is 0. The van der Waals surface area contributed by atoms with Crippen LogP contribution in [-0.4, -0.2) is 18.0 Å². The maximum Gasteiger partial charge on any atom is 0.460 e. The molecule has 0 rings (SSSR count). The van der Waals surface area contributed by atoms with Gasteiger partial charge in [-0.3, -0.25) is 0 Å². The van der Waals surface area contributed by atoms with Crippen molar-refractivity contribution >= 4 is 0 Å². The van der Waals surface area contributed by atoms with Gasteiger partial charge >= 0.3 is 18.0 Å². The van der Waals surface area contributed by atoms with Gasteiger partial charge in [-0.1, -0.05) is 6.08 Å². The minimum absolute atomic E-state index is 0.430. The molecule has 0 aliphatic rings. The molecule has 0 N–H and O–H groups in total. The van der Waals surface area contributed by atoms with Gasteiger partial charge in [0.05, 0.1) is 0 Å². The molecule has 0 saturated heterocycles. The van der Waals surface area contributed by atoms with E-state index in [1.165, 1.54) is 0 Å². The van der Waals surface area contributed by atoms with E-state index in [0.717, 1.165) is 6.92 Å². The molecule has 0 heterocycles. The molecule has 0 aliphatic carbocycles. The standard InChI is InChI=1S/C6H5F7/c1-2-3-4(7,8)5(9,10)6(11,12)13/h2-3H,1H3/b3-2+. The Labute approximate surface area is 69.0 Å². The Bertz CT molecular complexity index is 200. The largest absolute Gasteiger partial charge is 0.460 e. The summed E-state index contributed by atoms with van der Waals surface area (Å²) >= 11 is 0. The van der Waals surface area contributed by atoms with Crippen LogP contribution in [0.3, 0.4) is 0 Å². The topological polar surface area (TPSA) is 0 Å². The number of halogens is 7. The van der Waals surface area contributed by atoms with Gasteiger partial charge in [-0.05, 0) is 13.0 Å². The van der Waals surface area contributed by atoms with Gasteiger partial charge in [-0.15, -0.1) is 0 Å². The SMILES string of the molecule is C/C=C/C(F)(F)C(F)(F)C(F)(F)F. The third kappa shape index (κ3) is 2.13. The number of alkyl halides is 7. The Morgan fingerprint density at radius 1 is 0.846 bits per heavy atom. The molecule has 0 fully saturated rings. The lowest BCUT2D eigenvalue weighted by molar-refractivity contribution is -0.341. The molecule has 0 bridgehead atoms. The van der Waals surface area contributed by atoms with Crippen LogP contribution in [0.5, 0.6) is 0 Å². The van der Waals surface area contributed by atoms with Crippen molar-refractivity contribution in [3.63, 3.8) is 0 Å². The fraction of sp³-hybridized carbons (Fsp3) is 0.667. The summed E-state index contributed by atoms with van der Waals surface area (Å²) in [5, 5.41) is 0. The number of hydrogen-bond donors (Lipinski definition) is 0. The maximum absolute atomic E-state index is 12.1. The zero-order chi connectivity index (χ0) is 10.9. The van der Waals surface area contributed by atoms with Crippen LogP contribution >= 0.6 is 0 Å². The quantitative estimate of drug-likeness (QED) is 0.484. The van der Waals surface area contributed by atoms with Crippen molar-refractivity contribution in [1.82, 2.24) is 0 Å². The van der Waals surface area contributed by atoms with Crippen LogP contribution in [0.15, 0.2) is 12.2 Å². The fourth-order valence-electron chi connectivity index (χ4n) is 0.503. The van der Waals surface area contributed by atoms with Gasteiger partial charge < -0.3 is 0 Å². The first kappa shape index (κ1) is 12.2. The molecule has 7 heteroatoms. The second kappa shape index (κ2) is 3.19.